The van der Waals surface area contributed by atoms with E-state index in [2.05, 4.69) is 9.46 Å². The molecule has 0 radical (unpaired) electrons. The zero-order chi connectivity index (χ0) is 20.0. The van der Waals surface area contributed by atoms with Crippen LogP contribution in [0.4, 0.5) is 5.69 Å². The SMILES string of the molecule is CCOC(=O)c1ccc(NS(=O)(=O)Cc2ccc(C(=O)OC)cc2)cc1Cl. The van der Waals surface area contributed by atoms with Crippen LogP contribution in [0.15, 0.2) is 42.5 Å². The smallest absolute Gasteiger partial charge is 0.339 e. The van der Waals surface area contributed by atoms with Gasteiger partial charge in [-0.15, -0.1) is 0 Å². The van der Waals surface area contributed by atoms with Crippen molar-refractivity contribution in [2.75, 3.05) is 18.4 Å². The van der Waals surface area contributed by atoms with Crippen LogP contribution in [0.3, 0.4) is 0 Å². The molecular formula is C18H18ClNO6S. The molecule has 0 atom stereocenters. The lowest BCUT2D eigenvalue weighted by Crippen LogP contribution is -2.15. The van der Waals surface area contributed by atoms with E-state index in [9.17, 15) is 18.0 Å². The van der Waals surface area contributed by atoms with Gasteiger partial charge in [-0.3, -0.25) is 4.72 Å². The highest BCUT2D eigenvalue weighted by atomic mass is 35.5. The minimum absolute atomic E-state index is 0.0797. The number of rotatable bonds is 7. The molecule has 0 fully saturated rings. The highest BCUT2D eigenvalue weighted by Gasteiger charge is 2.16. The first-order chi connectivity index (χ1) is 12.8. The molecule has 0 saturated carbocycles. The molecule has 7 nitrogen and oxygen atoms in total. The second-order valence-electron chi connectivity index (χ2n) is 5.46. The number of ether oxygens (including phenoxy) is 2. The number of hydrogen-bond donors (Lipinski definition) is 1. The van der Waals surface area contributed by atoms with Crippen molar-refractivity contribution in [1.82, 2.24) is 0 Å². The van der Waals surface area contributed by atoms with Gasteiger partial charge in [-0.1, -0.05) is 23.7 Å². The summed E-state index contributed by atoms with van der Waals surface area (Å²) in [6.07, 6.45) is 0. The Labute approximate surface area is 162 Å². The lowest BCUT2D eigenvalue weighted by Gasteiger charge is -2.10. The molecule has 9 heteroatoms. The van der Waals surface area contributed by atoms with Crippen LogP contribution >= 0.6 is 11.6 Å². The third-order valence-electron chi connectivity index (χ3n) is 3.47. The summed E-state index contributed by atoms with van der Waals surface area (Å²) in [6, 6.07) is 10.2. The van der Waals surface area contributed by atoms with Gasteiger partial charge in [-0.05, 0) is 42.8 Å². The first-order valence-corrected chi connectivity index (χ1v) is 9.93. The van der Waals surface area contributed by atoms with Gasteiger partial charge >= 0.3 is 11.9 Å². The number of hydrogen-bond acceptors (Lipinski definition) is 6. The average Bonchev–Trinajstić information content (AvgIpc) is 2.61. The fourth-order valence-corrected chi connectivity index (χ4v) is 3.69. The second kappa shape index (κ2) is 8.88. The maximum absolute atomic E-state index is 12.3. The molecular weight excluding hydrogens is 394 g/mol. The molecule has 0 amide bonds. The Bertz CT molecular complexity index is 941. The van der Waals surface area contributed by atoms with Crippen LogP contribution in [-0.4, -0.2) is 34.1 Å². The molecule has 0 unspecified atom stereocenters. The van der Waals surface area contributed by atoms with Crippen LogP contribution in [-0.2, 0) is 25.2 Å². The highest BCUT2D eigenvalue weighted by Crippen LogP contribution is 2.23. The van der Waals surface area contributed by atoms with Crippen molar-refractivity contribution in [3.05, 3.63) is 64.2 Å². The number of carbonyl (C=O) groups is 2. The minimum atomic E-state index is -3.73. The van der Waals surface area contributed by atoms with Crippen LogP contribution in [0.25, 0.3) is 0 Å². The van der Waals surface area contributed by atoms with Crippen LogP contribution in [0.2, 0.25) is 5.02 Å². The van der Waals surface area contributed by atoms with Crippen molar-refractivity contribution in [2.24, 2.45) is 0 Å². The lowest BCUT2D eigenvalue weighted by atomic mass is 10.1. The van der Waals surface area contributed by atoms with Crippen molar-refractivity contribution in [3.8, 4) is 0 Å². The molecule has 0 bridgehead atoms. The van der Waals surface area contributed by atoms with Gasteiger partial charge < -0.3 is 9.47 Å². The van der Waals surface area contributed by atoms with Gasteiger partial charge in [-0.25, -0.2) is 18.0 Å². The van der Waals surface area contributed by atoms with E-state index in [-0.39, 0.29) is 28.6 Å². The van der Waals surface area contributed by atoms with E-state index < -0.39 is 22.0 Å². The van der Waals surface area contributed by atoms with Crippen LogP contribution in [0.1, 0.15) is 33.2 Å². The van der Waals surface area contributed by atoms with Crippen molar-refractivity contribution < 1.29 is 27.5 Å². The van der Waals surface area contributed by atoms with Crippen LogP contribution < -0.4 is 4.72 Å². The standard InChI is InChI=1S/C18H18ClNO6S/c1-3-26-18(22)15-9-8-14(10-16(15)19)20-27(23,24)11-12-4-6-13(7-5-12)17(21)25-2/h4-10,20H,3,11H2,1-2H3. The predicted molar refractivity (Wildman–Crippen MR) is 101 cm³/mol. The Morgan fingerprint density at radius 1 is 1.07 bits per heavy atom. The average molecular weight is 412 g/mol. The quantitative estimate of drug-likeness (QED) is 0.702. The Hall–Kier alpha value is -2.58. The van der Waals surface area contributed by atoms with E-state index in [4.69, 9.17) is 16.3 Å². The Morgan fingerprint density at radius 2 is 1.74 bits per heavy atom. The first kappa shape index (κ1) is 20.7. The molecule has 27 heavy (non-hydrogen) atoms. The molecule has 0 spiro atoms. The Morgan fingerprint density at radius 3 is 2.30 bits per heavy atom. The maximum atomic E-state index is 12.3. The van der Waals surface area contributed by atoms with E-state index in [1.54, 1.807) is 6.92 Å². The van der Waals surface area contributed by atoms with E-state index >= 15 is 0 Å². The van der Waals surface area contributed by atoms with E-state index in [1.807, 2.05) is 0 Å². The van der Waals surface area contributed by atoms with Crippen LogP contribution in [0, 0.1) is 0 Å². The number of benzene rings is 2. The number of methoxy groups -OCH3 is 1. The van der Waals surface area contributed by atoms with E-state index in [0.717, 1.165) is 0 Å². The van der Waals surface area contributed by atoms with Crippen molar-refractivity contribution >= 4 is 39.3 Å². The fourth-order valence-electron chi connectivity index (χ4n) is 2.24. The lowest BCUT2D eigenvalue weighted by molar-refractivity contribution is 0.0525. The number of carbonyl (C=O) groups excluding carboxylic acids is 2. The van der Waals surface area contributed by atoms with Crippen LogP contribution in [0.5, 0.6) is 0 Å². The molecule has 0 aliphatic heterocycles. The summed E-state index contributed by atoms with van der Waals surface area (Å²) < 4.78 is 36.5. The minimum Gasteiger partial charge on any atom is -0.465 e. The largest absolute Gasteiger partial charge is 0.465 e. The maximum Gasteiger partial charge on any atom is 0.339 e. The molecule has 1 N–H and O–H groups in total. The summed E-state index contributed by atoms with van der Waals surface area (Å²) in [4.78, 5) is 23.1. The number of halogens is 1. The molecule has 0 aliphatic carbocycles. The predicted octanol–water partition coefficient (Wildman–Crippen LogP) is 3.25. The summed E-state index contributed by atoms with van der Waals surface area (Å²) in [6.45, 7) is 1.88. The number of nitrogens with one attached hydrogen (secondary N) is 1. The summed E-state index contributed by atoms with van der Waals surface area (Å²) >= 11 is 6.03. The molecule has 0 heterocycles. The zero-order valence-corrected chi connectivity index (χ0v) is 16.3. The summed E-state index contributed by atoms with van der Waals surface area (Å²) in [7, 11) is -2.46. The van der Waals surface area contributed by atoms with Gasteiger partial charge in [0, 0.05) is 0 Å². The number of esters is 2. The third-order valence-corrected chi connectivity index (χ3v) is 5.04. The van der Waals surface area contributed by atoms with Crippen molar-refractivity contribution in [3.63, 3.8) is 0 Å². The van der Waals surface area contributed by atoms with Gasteiger partial charge in [0.15, 0.2) is 0 Å². The van der Waals surface area contributed by atoms with Crippen molar-refractivity contribution in [2.45, 2.75) is 12.7 Å². The monoisotopic (exact) mass is 411 g/mol. The molecule has 0 aliphatic rings. The zero-order valence-electron chi connectivity index (χ0n) is 14.7. The first-order valence-electron chi connectivity index (χ1n) is 7.90. The van der Waals surface area contributed by atoms with E-state index in [0.29, 0.717) is 11.1 Å². The van der Waals surface area contributed by atoms with Gasteiger partial charge in [0.05, 0.1) is 41.3 Å². The summed E-state index contributed by atoms with van der Waals surface area (Å²) in [5.74, 6) is -1.38. The van der Waals surface area contributed by atoms with Gasteiger partial charge in [-0.2, -0.15) is 0 Å². The molecule has 2 aromatic rings. The van der Waals surface area contributed by atoms with Gasteiger partial charge in [0.1, 0.15) is 0 Å². The molecule has 0 saturated heterocycles. The Balaban J connectivity index is 2.11. The molecule has 144 valence electrons. The fraction of sp³-hybridized carbons (Fsp3) is 0.222. The van der Waals surface area contributed by atoms with E-state index in [1.165, 1.54) is 49.6 Å². The van der Waals surface area contributed by atoms with Gasteiger partial charge in [0.25, 0.3) is 0 Å². The third kappa shape index (κ3) is 5.70. The second-order valence-corrected chi connectivity index (χ2v) is 7.59. The Kier molecular flexibility index (Phi) is 6.81. The van der Waals surface area contributed by atoms with Gasteiger partial charge in [0.2, 0.25) is 10.0 Å². The summed E-state index contributed by atoms with van der Waals surface area (Å²) in [5, 5.41) is 0.0797. The number of sulfonamides is 1. The molecule has 0 aromatic heterocycles. The summed E-state index contributed by atoms with van der Waals surface area (Å²) in [5.41, 5.74) is 1.19. The topological polar surface area (TPSA) is 98.8 Å². The molecule has 2 aromatic carbocycles. The van der Waals surface area contributed by atoms with Crippen molar-refractivity contribution in [1.29, 1.82) is 0 Å². The number of anilines is 1. The molecule has 2 rings (SSSR count). The highest BCUT2D eigenvalue weighted by molar-refractivity contribution is 7.91. The normalized spacial score (nSPS) is 10.9.